The largest absolute Gasteiger partial charge is 0.311 e. The summed E-state index contributed by atoms with van der Waals surface area (Å²) in [6, 6.07) is 87.7. The monoisotopic (exact) mass is 828 g/mol. The van der Waals surface area contributed by atoms with Crippen molar-refractivity contribution >= 4 is 77.0 Å². The molecular formula is C58H40N2S2. The van der Waals surface area contributed by atoms with Crippen LogP contribution in [0, 0.1) is 0 Å². The van der Waals surface area contributed by atoms with Crippen LogP contribution >= 0.6 is 22.7 Å². The molecule has 0 spiro atoms. The number of rotatable bonds is 10. The van der Waals surface area contributed by atoms with Crippen molar-refractivity contribution in [1.29, 1.82) is 0 Å². The van der Waals surface area contributed by atoms with Gasteiger partial charge in [0.05, 0.1) is 0 Å². The van der Waals surface area contributed by atoms with E-state index in [1.165, 1.54) is 57.7 Å². The van der Waals surface area contributed by atoms with Crippen molar-refractivity contribution in [3.63, 3.8) is 0 Å². The summed E-state index contributed by atoms with van der Waals surface area (Å²) in [7, 11) is 0. The van der Waals surface area contributed by atoms with Crippen LogP contribution in [0.5, 0.6) is 0 Å². The van der Waals surface area contributed by atoms with Crippen molar-refractivity contribution in [1.82, 2.24) is 0 Å². The summed E-state index contributed by atoms with van der Waals surface area (Å²) in [5, 5.41) is 2.57. The predicted octanol–water partition coefficient (Wildman–Crippen LogP) is 17.7. The van der Waals surface area contributed by atoms with E-state index in [0.717, 1.165) is 39.7 Å². The molecule has 0 unspecified atom stereocenters. The number of thiophene rings is 2. The zero-order valence-electron chi connectivity index (χ0n) is 33.8. The van der Waals surface area contributed by atoms with Crippen LogP contribution < -0.4 is 9.80 Å². The maximum absolute atomic E-state index is 2.36. The van der Waals surface area contributed by atoms with E-state index < -0.39 is 0 Å². The molecule has 9 aromatic carbocycles. The molecule has 0 radical (unpaired) electrons. The van der Waals surface area contributed by atoms with Gasteiger partial charge in [0.1, 0.15) is 0 Å². The minimum atomic E-state index is 1.10. The highest BCUT2D eigenvalue weighted by molar-refractivity contribution is 7.22. The van der Waals surface area contributed by atoms with Gasteiger partial charge >= 0.3 is 0 Å². The van der Waals surface area contributed by atoms with Crippen LogP contribution in [0.1, 0.15) is 0 Å². The van der Waals surface area contributed by atoms with Gasteiger partial charge in [-0.15, -0.1) is 22.7 Å². The smallest absolute Gasteiger partial charge is 0.0467 e. The molecule has 0 aliphatic carbocycles. The minimum Gasteiger partial charge on any atom is -0.311 e. The number of para-hydroxylation sites is 1. The van der Waals surface area contributed by atoms with Gasteiger partial charge in [0.25, 0.3) is 0 Å². The first-order chi connectivity index (χ1) is 30.7. The lowest BCUT2D eigenvalue weighted by molar-refractivity contribution is 1.28. The number of hydrogen-bond acceptors (Lipinski definition) is 4. The molecule has 0 aliphatic heterocycles. The SMILES string of the molecule is c1ccc(-c2cccc(N(c3ccc(-c4ccc(N(c5ccccc5)c5ccc(-c6cc7ccccc7s6)cc5)cc4)cc3)c3ccc(-c4cc5ccccc5s4)cc3)c2)cc1. The Bertz CT molecular complexity index is 3190. The van der Waals surface area contributed by atoms with E-state index in [-0.39, 0.29) is 0 Å². The van der Waals surface area contributed by atoms with Crippen LogP contribution in [-0.4, -0.2) is 0 Å². The van der Waals surface area contributed by atoms with Gasteiger partial charge in [-0.3, -0.25) is 0 Å². The zero-order valence-corrected chi connectivity index (χ0v) is 35.4. The standard InChI is InChI=1S/C58H40N2S2/c1-3-12-41(13-4-1)46-16-11-19-54(38-46)60(53-36-28-45(29-37-53)58-40-48-15-8-10-21-56(48)62-58)52-32-24-43(25-33-52)42-22-30-50(31-23-42)59(49-17-5-2-6-18-49)51-34-26-44(27-35-51)57-39-47-14-7-9-20-55(47)61-57/h1-40H. The molecule has 0 atom stereocenters. The third-order valence-electron chi connectivity index (χ3n) is 11.5. The maximum atomic E-state index is 2.36. The molecule has 0 aliphatic rings. The van der Waals surface area contributed by atoms with E-state index in [9.17, 15) is 0 Å². The Morgan fingerprint density at radius 1 is 0.226 bits per heavy atom. The normalized spacial score (nSPS) is 11.2. The molecule has 4 heteroatoms. The zero-order chi connectivity index (χ0) is 41.2. The van der Waals surface area contributed by atoms with Crippen molar-refractivity contribution in [3.05, 3.63) is 243 Å². The van der Waals surface area contributed by atoms with E-state index in [1.807, 2.05) is 22.7 Å². The molecule has 0 N–H and O–H groups in total. The summed E-state index contributed by atoms with van der Waals surface area (Å²) >= 11 is 3.68. The Kier molecular flexibility index (Phi) is 9.99. The Morgan fingerprint density at radius 3 is 1.03 bits per heavy atom. The fourth-order valence-corrected chi connectivity index (χ4v) is 10.5. The second-order valence-electron chi connectivity index (χ2n) is 15.4. The van der Waals surface area contributed by atoms with Gasteiger partial charge in [-0.1, -0.05) is 146 Å². The lowest BCUT2D eigenvalue weighted by Crippen LogP contribution is -2.10. The van der Waals surface area contributed by atoms with Crippen molar-refractivity contribution in [3.8, 4) is 43.1 Å². The second kappa shape index (κ2) is 16.5. The highest BCUT2D eigenvalue weighted by Crippen LogP contribution is 2.42. The summed E-state index contributed by atoms with van der Waals surface area (Å²) in [6.07, 6.45) is 0. The van der Waals surface area contributed by atoms with Crippen LogP contribution in [0.3, 0.4) is 0 Å². The Labute approximate surface area is 370 Å². The quantitative estimate of drug-likeness (QED) is 0.135. The molecule has 294 valence electrons. The van der Waals surface area contributed by atoms with E-state index in [4.69, 9.17) is 0 Å². The van der Waals surface area contributed by atoms with Crippen molar-refractivity contribution in [2.45, 2.75) is 0 Å². The third-order valence-corrected chi connectivity index (χ3v) is 13.8. The summed E-state index contributed by atoms with van der Waals surface area (Å²) in [5.74, 6) is 0. The molecule has 0 fully saturated rings. The Morgan fingerprint density at radius 2 is 0.565 bits per heavy atom. The van der Waals surface area contributed by atoms with Gasteiger partial charge in [-0.25, -0.2) is 0 Å². The number of fused-ring (bicyclic) bond motifs is 2. The van der Waals surface area contributed by atoms with Crippen LogP contribution in [0.4, 0.5) is 34.1 Å². The molecule has 0 saturated heterocycles. The van der Waals surface area contributed by atoms with Gasteiger partial charge in [0.2, 0.25) is 0 Å². The lowest BCUT2D eigenvalue weighted by Gasteiger charge is -2.27. The molecule has 0 bridgehead atoms. The highest BCUT2D eigenvalue weighted by Gasteiger charge is 2.17. The van der Waals surface area contributed by atoms with Crippen LogP contribution in [0.2, 0.25) is 0 Å². The second-order valence-corrected chi connectivity index (χ2v) is 17.6. The fraction of sp³-hybridized carbons (Fsp3) is 0. The maximum Gasteiger partial charge on any atom is 0.0467 e. The average Bonchev–Trinajstić information content (AvgIpc) is 3.99. The molecular weight excluding hydrogens is 789 g/mol. The number of hydrogen-bond donors (Lipinski definition) is 0. The van der Waals surface area contributed by atoms with E-state index in [0.29, 0.717) is 0 Å². The average molecular weight is 829 g/mol. The minimum absolute atomic E-state index is 1.10. The first-order valence-corrected chi connectivity index (χ1v) is 22.5. The van der Waals surface area contributed by atoms with E-state index in [2.05, 4.69) is 252 Å². The van der Waals surface area contributed by atoms with Gasteiger partial charge in [0, 0.05) is 53.3 Å². The third kappa shape index (κ3) is 7.47. The van der Waals surface area contributed by atoms with Crippen LogP contribution in [0.25, 0.3) is 63.3 Å². The molecule has 62 heavy (non-hydrogen) atoms. The lowest BCUT2D eigenvalue weighted by atomic mass is 10.0. The summed E-state index contributed by atoms with van der Waals surface area (Å²) in [5.41, 5.74) is 13.8. The van der Waals surface area contributed by atoms with Gasteiger partial charge in [-0.05, 0) is 141 Å². The Hall–Kier alpha value is -7.50. The van der Waals surface area contributed by atoms with E-state index in [1.54, 1.807) is 0 Å². The predicted molar refractivity (Wildman–Crippen MR) is 268 cm³/mol. The van der Waals surface area contributed by atoms with Crippen LogP contribution in [-0.2, 0) is 0 Å². The van der Waals surface area contributed by atoms with Crippen LogP contribution in [0.15, 0.2) is 243 Å². The van der Waals surface area contributed by atoms with Gasteiger partial charge in [0.15, 0.2) is 0 Å². The molecule has 11 aromatic rings. The molecule has 0 amide bonds. The summed E-state index contributed by atoms with van der Waals surface area (Å²) in [6.45, 7) is 0. The van der Waals surface area contributed by atoms with Gasteiger partial charge < -0.3 is 9.80 Å². The number of anilines is 6. The molecule has 2 heterocycles. The van der Waals surface area contributed by atoms with Gasteiger partial charge in [-0.2, -0.15) is 0 Å². The number of benzene rings is 9. The molecule has 0 saturated carbocycles. The molecule has 11 rings (SSSR count). The molecule has 2 aromatic heterocycles. The van der Waals surface area contributed by atoms with Crippen molar-refractivity contribution in [2.75, 3.05) is 9.80 Å². The number of nitrogens with zero attached hydrogens (tertiary/aromatic N) is 2. The topological polar surface area (TPSA) is 6.48 Å². The highest BCUT2D eigenvalue weighted by atomic mass is 32.1. The Balaban J connectivity index is 0.902. The fourth-order valence-electron chi connectivity index (χ4n) is 8.33. The first-order valence-electron chi connectivity index (χ1n) is 20.9. The first kappa shape index (κ1) is 37.5. The van der Waals surface area contributed by atoms with E-state index >= 15 is 0 Å². The summed E-state index contributed by atoms with van der Waals surface area (Å²) in [4.78, 5) is 7.25. The molecule has 2 nitrogen and oxygen atoms in total. The van der Waals surface area contributed by atoms with Crippen molar-refractivity contribution < 1.29 is 0 Å². The van der Waals surface area contributed by atoms with Crippen molar-refractivity contribution in [2.24, 2.45) is 0 Å². The summed E-state index contributed by atoms with van der Waals surface area (Å²) < 4.78 is 2.62.